The molecule has 19 heavy (non-hydrogen) atoms. The topological polar surface area (TPSA) is 55.1 Å². The first-order valence-electron chi connectivity index (χ1n) is 5.29. The van der Waals surface area contributed by atoms with Crippen LogP contribution < -0.4 is 5.32 Å². The van der Waals surface area contributed by atoms with Crippen LogP contribution in [0.25, 0.3) is 0 Å². The lowest BCUT2D eigenvalue weighted by atomic mass is 10.3. The zero-order valence-corrected chi connectivity index (χ0v) is 9.78. The molecule has 0 atom stereocenters. The molecular weight excluding hydrogens is 261 g/mol. The molecule has 1 amide bonds. The van der Waals surface area contributed by atoms with Gasteiger partial charge in [0, 0.05) is 12.6 Å². The van der Waals surface area contributed by atoms with E-state index < -0.39 is 23.5 Å². The second-order valence-electron chi connectivity index (χ2n) is 3.73. The molecule has 1 aromatic heterocycles. The van der Waals surface area contributed by atoms with E-state index in [1.54, 1.807) is 30.3 Å². The number of para-hydroxylation sites is 1. The van der Waals surface area contributed by atoms with Crippen molar-refractivity contribution < 1.29 is 22.4 Å². The van der Waals surface area contributed by atoms with Gasteiger partial charge in [0.25, 0.3) is 5.91 Å². The number of alkyl halides is 3. The molecule has 1 N–H and O–H groups in total. The van der Waals surface area contributed by atoms with Gasteiger partial charge in [-0.05, 0) is 12.1 Å². The van der Waals surface area contributed by atoms with Crippen LogP contribution in [0.2, 0.25) is 0 Å². The van der Waals surface area contributed by atoms with Gasteiger partial charge in [-0.1, -0.05) is 18.2 Å². The zero-order valence-electron chi connectivity index (χ0n) is 9.78. The quantitative estimate of drug-likeness (QED) is 0.911. The molecule has 0 bridgehead atoms. The molecule has 100 valence electrons. The number of oxazole rings is 1. The van der Waals surface area contributed by atoms with E-state index in [2.05, 4.69) is 10.3 Å². The van der Waals surface area contributed by atoms with Gasteiger partial charge in [0.15, 0.2) is 11.6 Å². The maximum atomic E-state index is 12.7. The van der Waals surface area contributed by atoms with Gasteiger partial charge in [0.2, 0.25) is 5.76 Å². The molecule has 0 saturated carbocycles. The van der Waals surface area contributed by atoms with Gasteiger partial charge in [-0.25, -0.2) is 4.98 Å². The van der Waals surface area contributed by atoms with Crippen molar-refractivity contribution in [3.8, 4) is 0 Å². The molecule has 7 heteroatoms. The minimum Gasteiger partial charge on any atom is -0.435 e. The van der Waals surface area contributed by atoms with Crippen LogP contribution >= 0.6 is 0 Å². The maximum Gasteiger partial charge on any atom is 0.437 e. The molecular formula is C12H9F3N2O2. The minimum atomic E-state index is -4.73. The standard InChI is InChI=1S/C12H9F3N2O2/c1-7-16-10(12(13,14)15)9(19-7)11(18)17-8-5-3-2-4-6-8/h2-6H,1H3,(H,17,18). The molecule has 0 unspecified atom stereocenters. The van der Waals surface area contributed by atoms with Crippen molar-refractivity contribution in [2.24, 2.45) is 0 Å². The highest BCUT2D eigenvalue weighted by Gasteiger charge is 2.40. The van der Waals surface area contributed by atoms with Crippen molar-refractivity contribution in [2.45, 2.75) is 13.1 Å². The Morgan fingerprint density at radius 2 is 1.89 bits per heavy atom. The second-order valence-corrected chi connectivity index (χ2v) is 3.73. The number of rotatable bonds is 2. The summed E-state index contributed by atoms with van der Waals surface area (Å²) >= 11 is 0. The van der Waals surface area contributed by atoms with Gasteiger partial charge in [-0.15, -0.1) is 0 Å². The highest BCUT2D eigenvalue weighted by Crippen LogP contribution is 2.32. The van der Waals surface area contributed by atoms with E-state index in [-0.39, 0.29) is 5.89 Å². The third-order valence-electron chi connectivity index (χ3n) is 2.24. The first-order valence-corrected chi connectivity index (χ1v) is 5.29. The summed E-state index contributed by atoms with van der Waals surface area (Å²) in [6.45, 7) is 1.24. The fourth-order valence-electron chi connectivity index (χ4n) is 1.48. The number of nitrogens with zero attached hydrogens (tertiary/aromatic N) is 1. The average Bonchev–Trinajstić information content (AvgIpc) is 2.72. The summed E-state index contributed by atoms with van der Waals surface area (Å²) in [5.41, 5.74) is -0.951. The van der Waals surface area contributed by atoms with Gasteiger partial charge < -0.3 is 9.73 Å². The number of halogens is 3. The molecule has 1 heterocycles. The molecule has 1 aromatic carbocycles. The van der Waals surface area contributed by atoms with Crippen LogP contribution in [0.5, 0.6) is 0 Å². The lowest BCUT2D eigenvalue weighted by molar-refractivity contribution is -0.141. The summed E-state index contributed by atoms with van der Waals surface area (Å²) in [6.07, 6.45) is -4.73. The third kappa shape index (κ3) is 2.93. The van der Waals surface area contributed by atoms with E-state index >= 15 is 0 Å². The molecule has 4 nitrogen and oxygen atoms in total. The van der Waals surface area contributed by atoms with E-state index in [4.69, 9.17) is 4.42 Å². The number of aromatic nitrogens is 1. The van der Waals surface area contributed by atoms with Crippen LogP contribution in [-0.4, -0.2) is 10.9 Å². The van der Waals surface area contributed by atoms with E-state index in [0.29, 0.717) is 5.69 Å². The number of amides is 1. The van der Waals surface area contributed by atoms with Crippen molar-refractivity contribution in [3.05, 3.63) is 47.7 Å². The Labute approximate surface area is 106 Å². The monoisotopic (exact) mass is 270 g/mol. The molecule has 0 fully saturated rings. The molecule has 0 aliphatic heterocycles. The number of benzene rings is 1. The summed E-state index contributed by atoms with van der Waals surface area (Å²) in [4.78, 5) is 14.9. The predicted octanol–water partition coefficient (Wildman–Crippen LogP) is 3.25. The Bertz CT molecular complexity index is 591. The van der Waals surface area contributed by atoms with Crippen LogP contribution in [0.1, 0.15) is 22.1 Å². The Balaban J connectivity index is 2.30. The fourth-order valence-corrected chi connectivity index (χ4v) is 1.48. The van der Waals surface area contributed by atoms with Gasteiger partial charge in [-0.2, -0.15) is 13.2 Å². The fraction of sp³-hybridized carbons (Fsp3) is 0.167. The number of nitrogens with one attached hydrogen (secondary N) is 1. The zero-order chi connectivity index (χ0) is 14.0. The highest BCUT2D eigenvalue weighted by atomic mass is 19.4. The lowest BCUT2D eigenvalue weighted by Gasteiger charge is -2.05. The Kier molecular flexibility index (Phi) is 3.28. The summed E-state index contributed by atoms with van der Waals surface area (Å²) in [5.74, 6) is -2.04. The number of hydrogen-bond acceptors (Lipinski definition) is 3. The number of carbonyl (C=O) groups is 1. The lowest BCUT2D eigenvalue weighted by Crippen LogP contribution is -2.17. The number of hydrogen-bond donors (Lipinski definition) is 1. The van der Waals surface area contributed by atoms with Crippen LogP contribution in [0.4, 0.5) is 18.9 Å². The summed E-state index contributed by atoms with van der Waals surface area (Å²) in [7, 11) is 0. The summed E-state index contributed by atoms with van der Waals surface area (Å²) in [6, 6.07) is 8.11. The van der Waals surface area contributed by atoms with Crippen LogP contribution in [0.15, 0.2) is 34.7 Å². The van der Waals surface area contributed by atoms with E-state index in [9.17, 15) is 18.0 Å². The number of carbonyl (C=O) groups excluding carboxylic acids is 1. The Morgan fingerprint density at radius 1 is 1.26 bits per heavy atom. The Morgan fingerprint density at radius 3 is 2.47 bits per heavy atom. The van der Waals surface area contributed by atoms with Gasteiger partial charge in [0.1, 0.15) is 0 Å². The third-order valence-corrected chi connectivity index (χ3v) is 2.24. The van der Waals surface area contributed by atoms with Crippen LogP contribution in [0, 0.1) is 6.92 Å². The average molecular weight is 270 g/mol. The van der Waals surface area contributed by atoms with Crippen molar-refractivity contribution >= 4 is 11.6 Å². The van der Waals surface area contributed by atoms with Crippen LogP contribution in [0.3, 0.4) is 0 Å². The van der Waals surface area contributed by atoms with Gasteiger partial charge >= 0.3 is 6.18 Å². The van der Waals surface area contributed by atoms with E-state index in [1.165, 1.54) is 6.92 Å². The smallest absolute Gasteiger partial charge is 0.435 e. The van der Waals surface area contributed by atoms with Gasteiger partial charge in [-0.3, -0.25) is 4.79 Å². The predicted molar refractivity (Wildman–Crippen MR) is 60.6 cm³/mol. The van der Waals surface area contributed by atoms with Crippen molar-refractivity contribution in [1.82, 2.24) is 4.98 Å². The minimum absolute atomic E-state index is 0.217. The molecule has 0 radical (unpaired) electrons. The highest BCUT2D eigenvalue weighted by molar-refractivity contribution is 6.03. The van der Waals surface area contributed by atoms with Crippen molar-refractivity contribution in [2.75, 3.05) is 5.32 Å². The number of aryl methyl sites for hydroxylation is 1. The molecule has 0 aliphatic rings. The number of anilines is 1. The Hall–Kier alpha value is -2.31. The molecule has 0 aliphatic carbocycles. The van der Waals surface area contributed by atoms with E-state index in [0.717, 1.165) is 0 Å². The maximum absolute atomic E-state index is 12.7. The summed E-state index contributed by atoms with van der Waals surface area (Å²) in [5, 5.41) is 2.31. The van der Waals surface area contributed by atoms with Gasteiger partial charge in [0.05, 0.1) is 0 Å². The largest absolute Gasteiger partial charge is 0.437 e. The van der Waals surface area contributed by atoms with Crippen LogP contribution in [-0.2, 0) is 6.18 Å². The molecule has 0 saturated heterocycles. The summed E-state index contributed by atoms with van der Waals surface area (Å²) < 4.78 is 42.7. The molecule has 2 rings (SSSR count). The first-order chi connectivity index (χ1) is 8.88. The first kappa shape index (κ1) is 13.1. The SMILES string of the molecule is Cc1nc(C(F)(F)F)c(C(=O)Nc2ccccc2)o1. The van der Waals surface area contributed by atoms with Crippen molar-refractivity contribution in [3.63, 3.8) is 0 Å². The van der Waals surface area contributed by atoms with E-state index in [1.807, 2.05) is 0 Å². The second kappa shape index (κ2) is 4.75. The molecule has 0 spiro atoms. The molecule has 2 aromatic rings. The van der Waals surface area contributed by atoms with Crippen molar-refractivity contribution in [1.29, 1.82) is 0 Å². The normalized spacial score (nSPS) is 11.4.